The molecular formula is C2H5Ba2F3O2Y. The Morgan fingerprint density at radius 1 is 1.30 bits per heavy atom. The number of carbonyl (C=O) groups is 1. The topological polar surface area (TPSA) is 37.3 Å². The number of carboxylic acid groups (broad SMARTS) is 1. The van der Waals surface area contributed by atoms with E-state index in [9.17, 15) is 13.2 Å². The molecule has 0 saturated heterocycles. The summed E-state index contributed by atoms with van der Waals surface area (Å²) < 4.78 is 31.7. The van der Waals surface area contributed by atoms with Crippen molar-refractivity contribution in [3.8, 4) is 0 Å². The van der Waals surface area contributed by atoms with Gasteiger partial charge < -0.3 is 10.8 Å². The quantitative estimate of drug-likeness (QED) is 0.506. The number of rotatable bonds is 0. The molecule has 0 aromatic heterocycles. The van der Waals surface area contributed by atoms with Crippen LogP contribution in [0.5, 0.6) is 0 Å². The molecule has 1 radical (unpaired) electrons. The summed E-state index contributed by atoms with van der Waals surface area (Å²) in [6.07, 6.45) is -5.08. The molecule has 10 heavy (non-hydrogen) atoms. The SMILES string of the molecule is O=C(O)C(F)(F)F.[Ba+2].[Ba+2].[H-].[H-].[H-].[H-].[Y]. The normalized spacial score (nSPS) is 7.90. The Labute approximate surface area is 167 Å². The van der Waals surface area contributed by atoms with Crippen molar-refractivity contribution in [2.75, 3.05) is 0 Å². The monoisotopic (exact) mass is 483 g/mol. The van der Waals surface area contributed by atoms with E-state index in [0.717, 1.165) is 0 Å². The summed E-state index contributed by atoms with van der Waals surface area (Å²) >= 11 is 0. The van der Waals surface area contributed by atoms with Crippen LogP contribution in [-0.4, -0.2) is 115 Å². The van der Waals surface area contributed by atoms with E-state index in [-0.39, 0.29) is 136 Å². The van der Waals surface area contributed by atoms with Crippen molar-refractivity contribution in [2.45, 2.75) is 6.18 Å². The summed E-state index contributed by atoms with van der Waals surface area (Å²) in [6, 6.07) is 0. The zero-order valence-corrected chi connectivity index (χ0v) is 16.7. The maximum Gasteiger partial charge on any atom is 2.00 e. The molecule has 1 N–H and O–H groups in total. The van der Waals surface area contributed by atoms with Crippen LogP contribution in [0.15, 0.2) is 0 Å². The second kappa shape index (κ2) is 10.6. The standard InChI is InChI=1S/C2HF3O2.2Ba.Y.4H/c3-2(4,5)1(6)7;;;;;;;/h(H,6,7);;;;;;;/q;2*+2;;4*-1. The molecule has 0 unspecified atom stereocenters. The first kappa shape index (κ1) is 23.4. The minimum absolute atomic E-state index is 0. The Bertz CT molecular complexity index is 107. The van der Waals surface area contributed by atoms with Gasteiger partial charge in [-0.1, -0.05) is 0 Å². The first-order valence-corrected chi connectivity index (χ1v) is 1.24. The molecule has 0 rings (SSSR count). The molecule has 0 atom stereocenters. The van der Waals surface area contributed by atoms with E-state index in [1.165, 1.54) is 0 Å². The Hall–Kier alpha value is 3.51. The second-order valence-corrected chi connectivity index (χ2v) is 0.803. The molecule has 0 fully saturated rings. The fraction of sp³-hybridized carbons (Fsp3) is 0.500. The van der Waals surface area contributed by atoms with Gasteiger partial charge >= 0.3 is 110 Å². The summed E-state index contributed by atoms with van der Waals surface area (Å²) in [7, 11) is 0. The van der Waals surface area contributed by atoms with Gasteiger partial charge in [-0.05, 0) is 0 Å². The smallest absolute Gasteiger partial charge is 1.00 e. The van der Waals surface area contributed by atoms with Crippen LogP contribution in [0.4, 0.5) is 13.2 Å². The first-order chi connectivity index (χ1) is 2.94. The van der Waals surface area contributed by atoms with Crippen molar-refractivity contribution in [1.29, 1.82) is 0 Å². The Kier molecular flexibility index (Phi) is 24.7. The van der Waals surface area contributed by atoms with E-state index in [2.05, 4.69) is 0 Å². The fourth-order valence-electron chi connectivity index (χ4n) is 0. The zero-order valence-electron chi connectivity index (χ0n) is 8.98. The minimum atomic E-state index is -5.08. The second-order valence-electron chi connectivity index (χ2n) is 0.803. The number of aliphatic carboxylic acids is 1. The van der Waals surface area contributed by atoms with Crippen molar-refractivity contribution in [2.24, 2.45) is 0 Å². The Morgan fingerprint density at radius 3 is 1.40 bits per heavy atom. The van der Waals surface area contributed by atoms with Crippen LogP contribution in [0.1, 0.15) is 5.71 Å². The number of hydrogen-bond acceptors (Lipinski definition) is 1. The van der Waals surface area contributed by atoms with Crippen LogP contribution in [-0.2, 0) is 37.5 Å². The van der Waals surface area contributed by atoms with Gasteiger partial charge in [0.25, 0.3) is 0 Å². The van der Waals surface area contributed by atoms with E-state index in [0.29, 0.717) is 0 Å². The van der Waals surface area contributed by atoms with Crippen LogP contribution in [0.25, 0.3) is 0 Å². The van der Waals surface area contributed by atoms with Crippen LogP contribution in [0.2, 0.25) is 0 Å². The molecule has 0 aromatic rings. The maximum atomic E-state index is 10.6. The minimum Gasteiger partial charge on any atom is -1.00 e. The van der Waals surface area contributed by atoms with E-state index < -0.39 is 12.1 Å². The molecule has 0 aromatic carbocycles. The zero-order chi connectivity index (χ0) is 6.08. The third-order valence-electron chi connectivity index (χ3n) is 0.243. The van der Waals surface area contributed by atoms with Gasteiger partial charge in [-0.25, -0.2) is 4.79 Å². The van der Waals surface area contributed by atoms with Gasteiger partial charge in [0.1, 0.15) is 0 Å². The molecule has 53 valence electrons. The van der Waals surface area contributed by atoms with Gasteiger partial charge in [0.05, 0.1) is 0 Å². The van der Waals surface area contributed by atoms with Gasteiger partial charge in [0.2, 0.25) is 0 Å². The average molecular weight is 482 g/mol. The van der Waals surface area contributed by atoms with Crippen LogP contribution in [0, 0.1) is 0 Å². The number of hydrogen-bond donors (Lipinski definition) is 1. The van der Waals surface area contributed by atoms with Crippen molar-refractivity contribution >= 4 is 104 Å². The summed E-state index contributed by atoms with van der Waals surface area (Å²) in [4.78, 5) is 8.90. The molecule has 0 aliphatic heterocycles. The predicted molar refractivity (Wildman–Crippen MR) is 29.6 cm³/mol. The summed E-state index contributed by atoms with van der Waals surface area (Å²) in [6.45, 7) is 0. The van der Waals surface area contributed by atoms with Gasteiger partial charge in [-0.3, -0.25) is 0 Å². The number of carboxylic acids is 1. The van der Waals surface area contributed by atoms with E-state index in [4.69, 9.17) is 9.90 Å². The van der Waals surface area contributed by atoms with Gasteiger partial charge in [-0.15, -0.1) is 0 Å². The molecule has 0 amide bonds. The summed E-state index contributed by atoms with van der Waals surface area (Å²) in [5.74, 6) is -2.76. The molecule has 2 nitrogen and oxygen atoms in total. The molecule has 0 spiro atoms. The third-order valence-corrected chi connectivity index (χ3v) is 0.243. The number of alkyl halides is 3. The molecule has 0 saturated carbocycles. The fourth-order valence-corrected chi connectivity index (χ4v) is 0. The average Bonchev–Trinajstić information content (AvgIpc) is 1.31. The largest absolute Gasteiger partial charge is 2.00 e. The Balaban J connectivity index is -0.00000000857. The van der Waals surface area contributed by atoms with E-state index in [1.807, 2.05) is 0 Å². The molecule has 0 heterocycles. The maximum absolute atomic E-state index is 10.6. The molecule has 8 heteroatoms. The van der Waals surface area contributed by atoms with Crippen molar-refractivity contribution in [3.05, 3.63) is 0 Å². The molecule has 0 bridgehead atoms. The van der Waals surface area contributed by atoms with E-state index in [1.54, 1.807) is 0 Å². The number of halogens is 3. The third kappa shape index (κ3) is 14.1. The van der Waals surface area contributed by atoms with Crippen molar-refractivity contribution < 1.29 is 61.5 Å². The first-order valence-electron chi connectivity index (χ1n) is 1.24. The summed E-state index contributed by atoms with van der Waals surface area (Å²) in [5, 5.41) is 7.12. The predicted octanol–water partition coefficient (Wildman–Crippen LogP) is 0.319. The molecule has 0 aliphatic rings. The summed E-state index contributed by atoms with van der Waals surface area (Å²) in [5.41, 5.74) is 0. The van der Waals surface area contributed by atoms with Gasteiger partial charge in [0.15, 0.2) is 0 Å². The van der Waals surface area contributed by atoms with Gasteiger partial charge in [0, 0.05) is 32.7 Å². The van der Waals surface area contributed by atoms with Crippen LogP contribution < -0.4 is 0 Å². The molecular weight excluding hydrogens is 477 g/mol. The molecule has 0 aliphatic carbocycles. The van der Waals surface area contributed by atoms with Crippen LogP contribution >= 0.6 is 0 Å². The van der Waals surface area contributed by atoms with Crippen molar-refractivity contribution in [1.82, 2.24) is 0 Å². The van der Waals surface area contributed by atoms with Crippen molar-refractivity contribution in [3.63, 3.8) is 0 Å². The van der Waals surface area contributed by atoms with E-state index >= 15 is 0 Å². The van der Waals surface area contributed by atoms with Crippen LogP contribution in [0.3, 0.4) is 0 Å². The van der Waals surface area contributed by atoms with Gasteiger partial charge in [-0.2, -0.15) is 13.2 Å². The Morgan fingerprint density at radius 2 is 1.40 bits per heavy atom.